The van der Waals surface area contributed by atoms with E-state index in [-0.39, 0.29) is 34.9 Å². The summed E-state index contributed by atoms with van der Waals surface area (Å²) in [4.78, 5) is 25.3. The maximum Gasteiger partial charge on any atom is 0.338 e. The van der Waals surface area contributed by atoms with E-state index in [9.17, 15) is 14.7 Å². The highest BCUT2D eigenvalue weighted by molar-refractivity contribution is 8.03. The minimum Gasteiger partial charge on any atom is -0.451 e. The summed E-state index contributed by atoms with van der Waals surface area (Å²) in [6.45, 7) is 3.94. The number of ketones is 1. The summed E-state index contributed by atoms with van der Waals surface area (Å²) in [5.74, 6) is -0.548. The number of aliphatic hydroxyl groups excluding tert-OH is 1. The van der Waals surface area contributed by atoms with Crippen molar-refractivity contribution in [2.24, 2.45) is 22.7 Å². The SMILES string of the molecule is C[C@]12C=CC(=O)C=C1CC[C@H]1[C@@H]3CC=C(SCOC(=O)c4ccccc4)[C@@]3(C)C[C@H](O)C12F. The van der Waals surface area contributed by atoms with Crippen molar-refractivity contribution >= 4 is 23.5 Å². The Kier molecular flexibility index (Phi) is 5.44. The third kappa shape index (κ3) is 3.28. The van der Waals surface area contributed by atoms with E-state index < -0.39 is 17.2 Å². The molecule has 4 aliphatic carbocycles. The van der Waals surface area contributed by atoms with Crippen LogP contribution in [0.4, 0.5) is 4.39 Å². The highest BCUT2D eigenvalue weighted by Gasteiger charge is 2.69. The lowest BCUT2D eigenvalue weighted by Crippen LogP contribution is -2.66. The quantitative estimate of drug-likeness (QED) is 0.474. The van der Waals surface area contributed by atoms with Gasteiger partial charge >= 0.3 is 5.97 Å². The van der Waals surface area contributed by atoms with Crippen molar-refractivity contribution in [2.75, 3.05) is 5.94 Å². The highest BCUT2D eigenvalue weighted by Crippen LogP contribution is 2.68. The zero-order chi connectivity index (χ0) is 23.4. The van der Waals surface area contributed by atoms with Crippen molar-refractivity contribution in [1.29, 1.82) is 0 Å². The van der Waals surface area contributed by atoms with Crippen LogP contribution in [-0.4, -0.2) is 34.6 Å². The number of esters is 1. The van der Waals surface area contributed by atoms with Crippen LogP contribution >= 0.6 is 11.8 Å². The Balaban J connectivity index is 1.33. The fourth-order valence-corrected chi connectivity index (χ4v) is 7.84. The van der Waals surface area contributed by atoms with Crippen LogP contribution in [0.2, 0.25) is 0 Å². The van der Waals surface area contributed by atoms with Crippen LogP contribution in [0.5, 0.6) is 0 Å². The summed E-state index contributed by atoms with van der Waals surface area (Å²) in [6, 6.07) is 8.88. The van der Waals surface area contributed by atoms with E-state index in [1.165, 1.54) is 17.8 Å². The molecule has 0 amide bonds. The van der Waals surface area contributed by atoms with Gasteiger partial charge in [0.2, 0.25) is 0 Å². The number of thioether (sulfide) groups is 1. The average molecular weight is 469 g/mol. The molecule has 1 aromatic rings. The molecule has 0 bridgehead atoms. The highest BCUT2D eigenvalue weighted by atomic mass is 32.2. The number of aliphatic hydroxyl groups is 1. The number of carbonyl (C=O) groups excluding carboxylic acids is 2. The molecule has 4 nitrogen and oxygen atoms in total. The van der Waals surface area contributed by atoms with E-state index in [4.69, 9.17) is 4.74 Å². The number of hydrogen-bond acceptors (Lipinski definition) is 5. The van der Waals surface area contributed by atoms with Crippen molar-refractivity contribution in [2.45, 2.75) is 51.3 Å². The number of carbonyl (C=O) groups is 2. The van der Waals surface area contributed by atoms with E-state index in [0.717, 1.165) is 16.9 Å². The minimum atomic E-state index is -1.81. The van der Waals surface area contributed by atoms with Gasteiger partial charge in [-0.15, -0.1) is 0 Å². The predicted octanol–water partition coefficient (Wildman–Crippen LogP) is 5.40. The molecule has 5 rings (SSSR count). The zero-order valence-electron chi connectivity index (χ0n) is 18.9. The third-order valence-electron chi connectivity index (χ3n) is 8.57. The topological polar surface area (TPSA) is 63.6 Å². The van der Waals surface area contributed by atoms with E-state index >= 15 is 4.39 Å². The van der Waals surface area contributed by atoms with Crippen molar-refractivity contribution in [3.05, 3.63) is 70.7 Å². The Bertz CT molecular complexity index is 1080. The molecule has 4 aliphatic rings. The smallest absolute Gasteiger partial charge is 0.338 e. The van der Waals surface area contributed by atoms with Gasteiger partial charge in [0.25, 0.3) is 0 Å². The molecule has 0 spiro atoms. The van der Waals surface area contributed by atoms with Crippen molar-refractivity contribution in [1.82, 2.24) is 0 Å². The first-order chi connectivity index (χ1) is 15.7. The average Bonchev–Trinajstić information content (AvgIpc) is 3.11. The first-order valence-electron chi connectivity index (χ1n) is 11.6. The van der Waals surface area contributed by atoms with Gasteiger partial charge in [-0.25, -0.2) is 9.18 Å². The maximum absolute atomic E-state index is 17.0. The second-order valence-electron chi connectivity index (χ2n) is 10.1. The molecule has 33 heavy (non-hydrogen) atoms. The Morgan fingerprint density at radius 2 is 2.00 bits per heavy atom. The molecule has 0 radical (unpaired) electrons. The maximum atomic E-state index is 17.0. The van der Waals surface area contributed by atoms with Gasteiger partial charge in [-0.05, 0) is 67.7 Å². The molecule has 174 valence electrons. The fraction of sp³-hybridized carbons (Fsp3) is 0.481. The Morgan fingerprint density at radius 3 is 2.76 bits per heavy atom. The van der Waals surface area contributed by atoms with Crippen molar-refractivity contribution < 1.29 is 23.8 Å². The third-order valence-corrected chi connectivity index (χ3v) is 9.74. The molecule has 0 aromatic heterocycles. The van der Waals surface area contributed by atoms with Crippen LogP contribution < -0.4 is 0 Å². The second-order valence-corrected chi connectivity index (χ2v) is 11.1. The first-order valence-corrected chi connectivity index (χ1v) is 12.6. The number of allylic oxidation sites excluding steroid dienone is 6. The number of fused-ring (bicyclic) bond motifs is 5. The van der Waals surface area contributed by atoms with Gasteiger partial charge in [-0.1, -0.05) is 54.6 Å². The van der Waals surface area contributed by atoms with Crippen LogP contribution in [0.25, 0.3) is 0 Å². The molecule has 2 fully saturated rings. The van der Waals surface area contributed by atoms with E-state index in [1.54, 1.807) is 36.4 Å². The molecule has 1 aromatic carbocycles. The molecular weight excluding hydrogens is 439 g/mol. The van der Waals surface area contributed by atoms with Crippen LogP contribution in [0.3, 0.4) is 0 Å². The summed E-state index contributed by atoms with van der Waals surface area (Å²) in [7, 11) is 0. The normalized spacial score (nSPS) is 39.2. The Labute approximate surface area is 198 Å². The van der Waals surface area contributed by atoms with Crippen LogP contribution in [0.1, 0.15) is 49.9 Å². The van der Waals surface area contributed by atoms with Crippen LogP contribution in [0, 0.1) is 22.7 Å². The molecule has 6 heteroatoms. The summed E-state index contributed by atoms with van der Waals surface area (Å²) >= 11 is 1.47. The summed E-state index contributed by atoms with van der Waals surface area (Å²) in [5, 5.41) is 11.3. The molecule has 0 aliphatic heterocycles. The molecule has 2 saturated carbocycles. The predicted molar refractivity (Wildman–Crippen MR) is 126 cm³/mol. The van der Waals surface area contributed by atoms with E-state index in [0.29, 0.717) is 24.8 Å². The number of benzene rings is 1. The number of rotatable bonds is 4. The van der Waals surface area contributed by atoms with Gasteiger partial charge < -0.3 is 9.84 Å². The van der Waals surface area contributed by atoms with Crippen LogP contribution in [0.15, 0.2) is 65.1 Å². The van der Waals surface area contributed by atoms with Gasteiger partial charge in [-0.3, -0.25) is 4.79 Å². The van der Waals surface area contributed by atoms with Gasteiger partial charge in [0.1, 0.15) is 5.94 Å². The van der Waals surface area contributed by atoms with Crippen molar-refractivity contribution in [3.63, 3.8) is 0 Å². The molecule has 6 atom stereocenters. The zero-order valence-corrected chi connectivity index (χ0v) is 19.7. The summed E-state index contributed by atoms with van der Waals surface area (Å²) < 4.78 is 22.4. The standard InChI is InChI=1S/C27H29FO4S/c1-25-15-22(30)27(28)21(9-8-18-14-19(29)12-13-26(18,27)2)20(25)10-11-23(25)33-16-32-24(31)17-6-4-3-5-7-17/h3-7,11-14,20-22,30H,8-10,15-16H2,1-2H3/t20-,21-,22-,25-,26-,27?/m0/s1. The lowest BCUT2D eigenvalue weighted by atomic mass is 9.46. The summed E-state index contributed by atoms with van der Waals surface area (Å²) in [5.41, 5.74) is -1.84. The lowest BCUT2D eigenvalue weighted by Gasteiger charge is -2.61. The van der Waals surface area contributed by atoms with Crippen LogP contribution in [-0.2, 0) is 9.53 Å². The molecular formula is C27H29FO4S. The Morgan fingerprint density at radius 1 is 1.24 bits per heavy atom. The lowest BCUT2D eigenvalue weighted by molar-refractivity contribution is -0.184. The molecule has 0 heterocycles. The van der Waals surface area contributed by atoms with Gasteiger partial charge in [0.05, 0.1) is 11.7 Å². The molecule has 1 N–H and O–H groups in total. The van der Waals surface area contributed by atoms with E-state index in [1.807, 2.05) is 13.0 Å². The number of ether oxygens (including phenoxy) is 1. The second kappa shape index (κ2) is 7.95. The van der Waals surface area contributed by atoms with E-state index in [2.05, 4.69) is 13.0 Å². The van der Waals surface area contributed by atoms with Gasteiger partial charge in [-0.2, -0.15) is 0 Å². The largest absolute Gasteiger partial charge is 0.451 e. The van der Waals surface area contributed by atoms with Gasteiger partial charge in [0, 0.05) is 16.7 Å². The molecule has 1 unspecified atom stereocenters. The fourth-order valence-electron chi connectivity index (χ4n) is 6.77. The molecule has 0 saturated heterocycles. The van der Waals surface area contributed by atoms with Crippen molar-refractivity contribution in [3.8, 4) is 0 Å². The first kappa shape index (κ1) is 22.6. The van der Waals surface area contributed by atoms with Gasteiger partial charge in [0.15, 0.2) is 11.5 Å². The summed E-state index contributed by atoms with van der Waals surface area (Å²) in [6.07, 6.45) is 8.01. The monoisotopic (exact) mass is 468 g/mol. The Hall–Kier alpha value is -2.18. The number of halogens is 1. The minimum absolute atomic E-state index is 0.0580. The number of hydrogen-bond donors (Lipinski definition) is 1. The number of alkyl halides is 1.